The molecule has 1 aromatic rings. The quantitative estimate of drug-likeness (QED) is 0.855. The molecule has 1 heterocycles. The first-order valence-corrected chi connectivity index (χ1v) is 7.95. The fourth-order valence-corrected chi connectivity index (χ4v) is 3.30. The van der Waals surface area contributed by atoms with Crippen molar-refractivity contribution < 1.29 is 19.4 Å². The highest BCUT2D eigenvalue weighted by Gasteiger charge is 2.40. The zero-order valence-corrected chi connectivity index (χ0v) is 13.2. The summed E-state index contributed by atoms with van der Waals surface area (Å²) in [5, 5.41) is 12.8. The van der Waals surface area contributed by atoms with Crippen molar-refractivity contribution in [2.45, 2.75) is 37.5 Å². The van der Waals surface area contributed by atoms with E-state index in [9.17, 15) is 9.90 Å². The van der Waals surface area contributed by atoms with Gasteiger partial charge in [-0.1, -0.05) is 15.9 Å². The number of rotatable bonds is 2. The second-order valence-electron chi connectivity index (χ2n) is 5.52. The number of phenolic OH excluding ortho intramolecular Hbond substituents is 1. The lowest BCUT2D eigenvalue weighted by atomic mass is 9.90. The molecule has 21 heavy (non-hydrogen) atoms. The third-order valence-corrected chi connectivity index (χ3v) is 4.59. The molecule has 1 amide bonds. The number of hydrogen-bond acceptors (Lipinski definition) is 4. The fraction of sp³-hybridized carbons (Fsp3) is 0.533. The maximum Gasteiger partial charge on any atom is 0.255 e. The number of halogens is 1. The average Bonchev–Trinajstić information content (AvgIpc) is 2.90. The summed E-state index contributed by atoms with van der Waals surface area (Å²) < 4.78 is 12.1. The molecule has 0 bridgehead atoms. The topological polar surface area (TPSA) is 67.8 Å². The minimum Gasteiger partial charge on any atom is -0.507 e. The van der Waals surface area contributed by atoms with E-state index in [2.05, 4.69) is 21.2 Å². The fourth-order valence-electron chi connectivity index (χ4n) is 2.95. The second-order valence-corrected chi connectivity index (χ2v) is 6.43. The SMILES string of the molecule is O=C(NC1CCC2(CC1)OCCO2)c1ccc(Br)cc1O. The van der Waals surface area contributed by atoms with Gasteiger partial charge in [0.15, 0.2) is 5.79 Å². The minimum atomic E-state index is -0.416. The molecule has 2 N–H and O–H groups in total. The first-order chi connectivity index (χ1) is 10.1. The zero-order chi connectivity index (χ0) is 14.9. The van der Waals surface area contributed by atoms with Crippen molar-refractivity contribution in [3.63, 3.8) is 0 Å². The minimum absolute atomic E-state index is 0.0170. The molecule has 1 aliphatic heterocycles. The van der Waals surface area contributed by atoms with Crippen LogP contribution in [0.3, 0.4) is 0 Å². The van der Waals surface area contributed by atoms with Crippen LogP contribution in [0.5, 0.6) is 5.75 Å². The molecule has 1 aliphatic carbocycles. The standard InChI is InChI=1S/C15H18BrNO4/c16-10-1-2-12(13(18)9-10)14(19)17-11-3-5-15(6-4-11)20-7-8-21-15/h1-2,9,11,18H,3-8H2,(H,17,19). The zero-order valence-electron chi connectivity index (χ0n) is 11.6. The molecule has 0 unspecified atom stereocenters. The Morgan fingerprint density at radius 3 is 2.57 bits per heavy atom. The van der Waals surface area contributed by atoms with Crippen molar-refractivity contribution in [2.24, 2.45) is 0 Å². The molecule has 1 saturated heterocycles. The molecule has 0 aromatic heterocycles. The average molecular weight is 356 g/mol. The number of carbonyl (C=O) groups is 1. The Morgan fingerprint density at radius 1 is 1.29 bits per heavy atom. The summed E-state index contributed by atoms with van der Waals surface area (Å²) in [5.74, 6) is -0.674. The third kappa shape index (κ3) is 3.22. The maximum atomic E-state index is 12.2. The Kier molecular flexibility index (Phi) is 4.19. The summed E-state index contributed by atoms with van der Waals surface area (Å²) in [6, 6.07) is 4.97. The van der Waals surface area contributed by atoms with Crippen LogP contribution >= 0.6 is 15.9 Å². The number of ether oxygens (including phenoxy) is 2. The van der Waals surface area contributed by atoms with Crippen LogP contribution in [0.4, 0.5) is 0 Å². The summed E-state index contributed by atoms with van der Waals surface area (Å²) in [7, 11) is 0. The molecule has 1 aromatic carbocycles. The van der Waals surface area contributed by atoms with Crippen LogP contribution in [0.2, 0.25) is 0 Å². The van der Waals surface area contributed by atoms with E-state index in [1.54, 1.807) is 12.1 Å². The molecular weight excluding hydrogens is 338 g/mol. The van der Waals surface area contributed by atoms with Crippen molar-refractivity contribution in [1.29, 1.82) is 0 Å². The molecule has 2 aliphatic rings. The normalized spacial score (nSPS) is 21.6. The highest BCUT2D eigenvalue weighted by molar-refractivity contribution is 9.10. The molecule has 1 spiro atoms. The first kappa shape index (κ1) is 14.8. The van der Waals surface area contributed by atoms with E-state index in [0.29, 0.717) is 18.8 Å². The van der Waals surface area contributed by atoms with Gasteiger partial charge in [-0.05, 0) is 31.0 Å². The highest BCUT2D eigenvalue weighted by atomic mass is 79.9. The van der Waals surface area contributed by atoms with E-state index in [4.69, 9.17) is 9.47 Å². The predicted octanol–water partition coefficient (Wildman–Crippen LogP) is 2.57. The van der Waals surface area contributed by atoms with Gasteiger partial charge >= 0.3 is 0 Å². The van der Waals surface area contributed by atoms with Crippen LogP contribution < -0.4 is 5.32 Å². The number of carbonyl (C=O) groups excluding carboxylic acids is 1. The molecule has 2 fully saturated rings. The molecule has 0 radical (unpaired) electrons. The lowest BCUT2D eigenvalue weighted by Crippen LogP contribution is -2.44. The molecule has 3 rings (SSSR count). The second kappa shape index (κ2) is 5.94. The summed E-state index contributed by atoms with van der Waals surface area (Å²) in [6.45, 7) is 1.31. The van der Waals surface area contributed by atoms with E-state index in [1.807, 2.05) is 0 Å². The predicted molar refractivity (Wildman–Crippen MR) is 80.2 cm³/mol. The van der Waals surface area contributed by atoms with Gasteiger partial charge in [0, 0.05) is 23.4 Å². The Bertz CT molecular complexity index is 532. The number of hydrogen-bond donors (Lipinski definition) is 2. The number of benzene rings is 1. The third-order valence-electron chi connectivity index (χ3n) is 4.10. The summed E-state index contributed by atoms with van der Waals surface area (Å²) in [4.78, 5) is 12.2. The van der Waals surface area contributed by atoms with E-state index in [-0.39, 0.29) is 17.7 Å². The highest BCUT2D eigenvalue weighted by Crippen LogP contribution is 2.35. The Balaban J connectivity index is 1.58. The lowest BCUT2D eigenvalue weighted by molar-refractivity contribution is -0.179. The summed E-state index contributed by atoms with van der Waals surface area (Å²) >= 11 is 3.26. The van der Waals surface area contributed by atoms with E-state index >= 15 is 0 Å². The van der Waals surface area contributed by atoms with Crippen molar-refractivity contribution in [1.82, 2.24) is 5.32 Å². The molecule has 1 saturated carbocycles. The summed E-state index contributed by atoms with van der Waals surface area (Å²) in [6.07, 6.45) is 3.24. The van der Waals surface area contributed by atoms with Gasteiger partial charge in [-0.15, -0.1) is 0 Å². The van der Waals surface area contributed by atoms with Crippen LogP contribution in [0.15, 0.2) is 22.7 Å². The van der Waals surface area contributed by atoms with Crippen LogP contribution in [0.1, 0.15) is 36.0 Å². The van der Waals surface area contributed by atoms with Crippen LogP contribution in [-0.4, -0.2) is 36.1 Å². The largest absolute Gasteiger partial charge is 0.507 e. The molecule has 114 valence electrons. The van der Waals surface area contributed by atoms with Gasteiger partial charge in [0.05, 0.1) is 18.8 Å². The smallest absolute Gasteiger partial charge is 0.255 e. The van der Waals surface area contributed by atoms with Gasteiger partial charge in [-0.25, -0.2) is 0 Å². The van der Waals surface area contributed by atoms with Crippen LogP contribution in [0, 0.1) is 0 Å². The van der Waals surface area contributed by atoms with Gasteiger partial charge in [-0.3, -0.25) is 4.79 Å². The van der Waals surface area contributed by atoms with Crippen molar-refractivity contribution in [2.75, 3.05) is 13.2 Å². The monoisotopic (exact) mass is 355 g/mol. The van der Waals surface area contributed by atoms with Crippen molar-refractivity contribution in [3.05, 3.63) is 28.2 Å². The van der Waals surface area contributed by atoms with Gasteiger partial charge in [0.2, 0.25) is 0 Å². The Labute approximate surface area is 131 Å². The van der Waals surface area contributed by atoms with Crippen molar-refractivity contribution >= 4 is 21.8 Å². The number of aromatic hydroxyl groups is 1. The van der Waals surface area contributed by atoms with Gasteiger partial charge < -0.3 is 19.9 Å². The Morgan fingerprint density at radius 2 is 1.95 bits per heavy atom. The van der Waals surface area contributed by atoms with E-state index in [1.165, 1.54) is 6.07 Å². The van der Waals surface area contributed by atoms with E-state index < -0.39 is 5.79 Å². The van der Waals surface area contributed by atoms with Crippen LogP contribution in [-0.2, 0) is 9.47 Å². The number of phenols is 1. The maximum absolute atomic E-state index is 12.2. The first-order valence-electron chi connectivity index (χ1n) is 7.15. The van der Waals surface area contributed by atoms with Gasteiger partial charge in [0.25, 0.3) is 5.91 Å². The number of amides is 1. The molecule has 6 heteroatoms. The van der Waals surface area contributed by atoms with Gasteiger partial charge in [-0.2, -0.15) is 0 Å². The van der Waals surface area contributed by atoms with E-state index in [0.717, 1.165) is 30.2 Å². The number of nitrogens with one attached hydrogen (secondary N) is 1. The molecule has 5 nitrogen and oxygen atoms in total. The molecule has 0 atom stereocenters. The van der Waals surface area contributed by atoms with Crippen molar-refractivity contribution in [3.8, 4) is 5.75 Å². The Hall–Kier alpha value is -1.11. The molecular formula is C15H18BrNO4. The summed E-state index contributed by atoms with van der Waals surface area (Å²) in [5.41, 5.74) is 0.298. The van der Waals surface area contributed by atoms with Gasteiger partial charge in [0.1, 0.15) is 5.75 Å². The van der Waals surface area contributed by atoms with Crippen LogP contribution in [0.25, 0.3) is 0 Å². The lowest BCUT2D eigenvalue weighted by Gasteiger charge is -2.35.